The monoisotopic (exact) mass is 342 g/mol. The van der Waals surface area contributed by atoms with Crippen LogP contribution in [-0.4, -0.2) is 46.9 Å². The average molecular weight is 342 g/mol. The molecule has 25 heavy (non-hydrogen) atoms. The minimum atomic E-state index is -0.295. The highest BCUT2D eigenvalue weighted by Crippen LogP contribution is 2.13. The van der Waals surface area contributed by atoms with E-state index in [0.29, 0.717) is 6.54 Å². The molecule has 0 radical (unpaired) electrons. The van der Waals surface area contributed by atoms with Gasteiger partial charge in [-0.1, -0.05) is 24.3 Å². The Morgan fingerprint density at radius 2 is 1.88 bits per heavy atom. The molecular formula is C18H22N4O3. The van der Waals surface area contributed by atoms with E-state index >= 15 is 0 Å². The number of nitrogens with zero attached hydrogens (tertiary/aromatic N) is 3. The van der Waals surface area contributed by atoms with Crippen LogP contribution in [0.25, 0.3) is 0 Å². The molecule has 1 N–H and O–H groups in total. The molecule has 132 valence electrons. The topological polar surface area (TPSA) is 76.5 Å². The van der Waals surface area contributed by atoms with Gasteiger partial charge >= 0.3 is 0 Å². The van der Waals surface area contributed by atoms with E-state index in [2.05, 4.69) is 21.4 Å². The Balaban J connectivity index is 1.65. The summed E-state index contributed by atoms with van der Waals surface area (Å²) >= 11 is 0. The predicted molar refractivity (Wildman–Crippen MR) is 93.2 cm³/mol. The number of carbonyl (C=O) groups excluding carboxylic acids is 1. The zero-order valence-electron chi connectivity index (χ0n) is 14.3. The maximum Gasteiger partial charge on any atom is 0.271 e. The van der Waals surface area contributed by atoms with Crippen molar-refractivity contribution >= 4 is 5.91 Å². The maximum atomic E-state index is 12.3. The molecule has 0 spiro atoms. The Morgan fingerprint density at radius 3 is 2.60 bits per heavy atom. The molecule has 1 aromatic heterocycles. The minimum Gasteiger partial charge on any atom is -0.379 e. The van der Waals surface area contributed by atoms with Gasteiger partial charge in [0.1, 0.15) is 5.69 Å². The Hall–Kier alpha value is -2.51. The van der Waals surface area contributed by atoms with Gasteiger partial charge < -0.3 is 10.1 Å². The highest BCUT2D eigenvalue weighted by molar-refractivity contribution is 5.91. The molecule has 0 atom stereocenters. The van der Waals surface area contributed by atoms with E-state index in [9.17, 15) is 9.59 Å². The summed E-state index contributed by atoms with van der Waals surface area (Å²) in [5.41, 5.74) is 2.26. The molecule has 1 aliphatic heterocycles. The number of ether oxygens (including phenoxy) is 1. The molecule has 3 rings (SSSR count). The maximum absolute atomic E-state index is 12.3. The third-order valence-corrected chi connectivity index (χ3v) is 4.25. The van der Waals surface area contributed by atoms with Crippen LogP contribution < -0.4 is 10.9 Å². The van der Waals surface area contributed by atoms with Crippen LogP contribution in [0.15, 0.2) is 41.2 Å². The van der Waals surface area contributed by atoms with Crippen molar-refractivity contribution in [3.8, 4) is 0 Å². The summed E-state index contributed by atoms with van der Waals surface area (Å²) in [6, 6.07) is 10.9. The molecule has 0 bridgehead atoms. The van der Waals surface area contributed by atoms with Gasteiger partial charge in [-0.15, -0.1) is 0 Å². The standard InChI is InChI=1S/C18H22N4O3/c1-21-17(23)7-6-16(20-21)18(24)19-12-14-4-2-3-5-15(14)13-22-8-10-25-11-9-22/h2-7H,8-13H2,1H3,(H,19,24). The molecule has 2 aromatic rings. The number of morpholine rings is 1. The smallest absolute Gasteiger partial charge is 0.271 e. The Morgan fingerprint density at radius 1 is 1.16 bits per heavy atom. The number of benzene rings is 1. The number of rotatable bonds is 5. The summed E-state index contributed by atoms with van der Waals surface area (Å²) in [5.74, 6) is -0.295. The first kappa shape index (κ1) is 17.3. The van der Waals surface area contributed by atoms with Crippen LogP contribution in [0.2, 0.25) is 0 Å². The van der Waals surface area contributed by atoms with Gasteiger partial charge in [0.25, 0.3) is 11.5 Å². The third-order valence-electron chi connectivity index (χ3n) is 4.25. The van der Waals surface area contributed by atoms with E-state index in [4.69, 9.17) is 4.74 Å². The van der Waals surface area contributed by atoms with Crippen molar-refractivity contribution in [3.05, 3.63) is 63.6 Å². The average Bonchev–Trinajstić information content (AvgIpc) is 2.64. The van der Waals surface area contributed by atoms with Crippen molar-refractivity contribution in [2.24, 2.45) is 7.05 Å². The number of nitrogens with one attached hydrogen (secondary N) is 1. The Labute approximate surface area is 146 Å². The van der Waals surface area contributed by atoms with E-state index in [-0.39, 0.29) is 17.2 Å². The lowest BCUT2D eigenvalue weighted by Crippen LogP contribution is -2.36. The van der Waals surface area contributed by atoms with E-state index in [1.54, 1.807) is 0 Å². The fourth-order valence-electron chi connectivity index (χ4n) is 2.77. The molecule has 1 amide bonds. The summed E-state index contributed by atoms with van der Waals surface area (Å²) in [6.45, 7) is 4.62. The highest BCUT2D eigenvalue weighted by Gasteiger charge is 2.14. The highest BCUT2D eigenvalue weighted by atomic mass is 16.5. The van der Waals surface area contributed by atoms with Crippen LogP contribution in [0.5, 0.6) is 0 Å². The quantitative estimate of drug-likeness (QED) is 0.858. The molecule has 1 aromatic carbocycles. The van der Waals surface area contributed by atoms with Crippen LogP contribution >= 0.6 is 0 Å². The number of carbonyl (C=O) groups is 1. The summed E-state index contributed by atoms with van der Waals surface area (Å²) < 4.78 is 6.54. The predicted octanol–water partition coefficient (Wildman–Crippen LogP) is 0.542. The second-order valence-electron chi connectivity index (χ2n) is 6.02. The van der Waals surface area contributed by atoms with Crippen LogP contribution in [0.1, 0.15) is 21.6 Å². The number of aryl methyl sites for hydroxylation is 1. The number of amides is 1. The van der Waals surface area contributed by atoms with Crippen molar-refractivity contribution in [2.45, 2.75) is 13.1 Å². The SMILES string of the molecule is Cn1nc(C(=O)NCc2ccccc2CN2CCOCC2)ccc1=O. The molecule has 1 saturated heterocycles. The van der Waals surface area contributed by atoms with Crippen molar-refractivity contribution in [3.63, 3.8) is 0 Å². The molecule has 2 heterocycles. The fraction of sp³-hybridized carbons (Fsp3) is 0.389. The Bertz CT molecular complexity index is 797. The lowest BCUT2D eigenvalue weighted by Gasteiger charge is -2.27. The zero-order chi connectivity index (χ0) is 17.6. The van der Waals surface area contributed by atoms with Gasteiger partial charge in [0.05, 0.1) is 13.2 Å². The first-order valence-electron chi connectivity index (χ1n) is 8.33. The molecule has 0 unspecified atom stereocenters. The van der Waals surface area contributed by atoms with Crippen LogP contribution in [0.4, 0.5) is 0 Å². The lowest BCUT2D eigenvalue weighted by atomic mass is 10.1. The van der Waals surface area contributed by atoms with E-state index < -0.39 is 0 Å². The normalized spacial score (nSPS) is 15.1. The second kappa shape index (κ2) is 8.04. The van der Waals surface area contributed by atoms with E-state index in [1.807, 2.05) is 18.2 Å². The summed E-state index contributed by atoms with van der Waals surface area (Å²) in [5, 5.41) is 6.85. The van der Waals surface area contributed by atoms with Gasteiger partial charge in [-0.25, -0.2) is 4.68 Å². The van der Waals surface area contributed by atoms with E-state index in [1.165, 1.54) is 24.7 Å². The minimum absolute atomic E-state index is 0.229. The molecule has 1 aliphatic rings. The first-order chi connectivity index (χ1) is 12.1. The molecule has 0 aliphatic carbocycles. The molecule has 7 nitrogen and oxygen atoms in total. The van der Waals surface area contributed by atoms with Gasteiger partial charge in [0.2, 0.25) is 0 Å². The van der Waals surface area contributed by atoms with Gasteiger partial charge in [-0.2, -0.15) is 5.10 Å². The Kier molecular flexibility index (Phi) is 5.57. The number of hydrogen-bond donors (Lipinski definition) is 1. The van der Waals surface area contributed by atoms with Gasteiger partial charge in [0.15, 0.2) is 0 Å². The summed E-state index contributed by atoms with van der Waals surface area (Å²) in [7, 11) is 1.52. The summed E-state index contributed by atoms with van der Waals surface area (Å²) in [4.78, 5) is 26.0. The third kappa shape index (κ3) is 4.52. The van der Waals surface area contributed by atoms with Crippen molar-refractivity contribution in [1.82, 2.24) is 20.0 Å². The van der Waals surface area contributed by atoms with E-state index in [0.717, 1.165) is 43.1 Å². The molecule has 7 heteroatoms. The van der Waals surface area contributed by atoms with Gasteiger partial charge in [-0.3, -0.25) is 14.5 Å². The molecule has 1 fully saturated rings. The first-order valence-corrected chi connectivity index (χ1v) is 8.33. The fourth-order valence-corrected chi connectivity index (χ4v) is 2.77. The van der Waals surface area contributed by atoms with Crippen LogP contribution in [0.3, 0.4) is 0 Å². The second-order valence-corrected chi connectivity index (χ2v) is 6.02. The molecule has 0 saturated carbocycles. The zero-order valence-corrected chi connectivity index (χ0v) is 14.3. The van der Waals surface area contributed by atoms with Crippen molar-refractivity contribution in [1.29, 1.82) is 0 Å². The molecular weight excluding hydrogens is 320 g/mol. The van der Waals surface area contributed by atoms with Crippen molar-refractivity contribution in [2.75, 3.05) is 26.3 Å². The van der Waals surface area contributed by atoms with Crippen LogP contribution in [-0.2, 0) is 24.9 Å². The summed E-state index contributed by atoms with van der Waals surface area (Å²) in [6.07, 6.45) is 0. The number of aromatic nitrogens is 2. The lowest BCUT2D eigenvalue weighted by molar-refractivity contribution is 0.0340. The van der Waals surface area contributed by atoms with Crippen molar-refractivity contribution < 1.29 is 9.53 Å². The van der Waals surface area contributed by atoms with Gasteiger partial charge in [0, 0.05) is 39.3 Å². The largest absolute Gasteiger partial charge is 0.379 e. The number of hydrogen-bond acceptors (Lipinski definition) is 5. The van der Waals surface area contributed by atoms with Crippen LogP contribution in [0, 0.1) is 0 Å². The van der Waals surface area contributed by atoms with Gasteiger partial charge in [-0.05, 0) is 17.2 Å².